The maximum Gasteiger partial charge on any atom is 0.266 e. The molecule has 2 aromatic carbocycles. The lowest BCUT2D eigenvalue weighted by Gasteiger charge is -2.11. The molecule has 2 heterocycles. The van der Waals surface area contributed by atoms with Gasteiger partial charge in [-0.25, -0.2) is 0 Å². The summed E-state index contributed by atoms with van der Waals surface area (Å²) in [5.41, 5.74) is 3.39. The zero-order chi connectivity index (χ0) is 19.0. The number of phenols is 1. The topological polar surface area (TPSA) is 70.2 Å². The molecule has 0 aliphatic carbocycles. The molecule has 0 aliphatic heterocycles. The van der Waals surface area contributed by atoms with Gasteiger partial charge in [-0.2, -0.15) is 0 Å². The van der Waals surface area contributed by atoms with Gasteiger partial charge < -0.3 is 14.9 Å². The molecule has 0 bridgehead atoms. The summed E-state index contributed by atoms with van der Waals surface area (Å²) in [6, 6.07) is 13.3. The Morgan fingerprint density at radius 3 is 2.63 bits per heavy atom. The Morgan fingerprint density at radius 1 is 1.11 bits per heavy atom. The van der Waals surface area contributed by atoms with E-state index in [0.717, 1.165) is 40.3 Å². The number of phenolic OH excluding ortho intramolecular Hbond substituents is 1. The minimum absolute atomic E-state index is 0.107. The van der Waals surface area contributed by atoms with E-state index in [1.807, 2.05) is 35.7 Å². The molecular weight excluding hydrogens is 358 g/mol. The van der Waals surface area contributed by atoms with Crippen LogP contribution < -0.4 is 5.56 Å². The van der Waals surface area contributed by atoms with Gasteiger partial charge in [-0.3, -0.25) is 4.79 Å². The number of hydrogen-bond acceptors (Lipinski definition) is 4. The number of aromatic nitrogens is 1. The van der Waals surface area contributed by atoms with E-state index in [1.54, 1.807) is 19.1 Å². The Balaban J connectivity index is 1.81. The van der Waals surface area contributed by atoms with E-state index in [0.29, 0.717) is 16.6 Å². The van der Waals surface area contributed by atoms with Crippen LogP contribution >= 0.6 is 11.3 Å². The summed E-state index contributed by atoms with van der Waals surface area (Å²) in [6.07, 6.45) is 2.28. The second-order valence-corrected chi connectivity index (χ2v) is 7.67. The molecule has 0 saturated carbocycles. The molecule has 4 nitrogen and oxygen atoms in total. The van der Waals surface area contributed by atoms with E-state index in [9.17, 15) is 14.7 Å². The Morgan fingerprint density at radius 2 is 1.89 bits per heavy atom. The van der Waals surface area contributed by atoms with Crippen molar-refractivity contribution in [3.8, 4) is 16.9 Å². The summed E-state index contributed by atoms with van der Waals surface area (Å²) in [5.74, 6) is 0.396. The van der Waals surface area contributed by atoms with Crippen LogP contribution in [0.25, 0.3) is 32.1 Å². The van der Waals surface area contributed by atoms with Crippen LogP contribution in [0.3, 0.4) is 0 Å². The second-order valence-electron chi connectivity index (χ2n) is 6.75. The average molecular weight is 377 g/mol. The number of thiophene rings is 1. The van der Waals surface area contributed by atoms with E-state index in [-0.39, 0.29) is 17.1 Å². The standard InChI is InChI=1S/C22H19NO3S/c1-13(24)3-2-4-14-5-7-15(8-6-14)19-18(25)10-9-17-20(19)16-11-12-27-21(16)22(26)23-17/h5-12,25H,2-4H2,1H3,(H,23,26). The fraction of sp³-hybridized carbons (Fsp3) is 0.182. The van der Waals surface area contributed by atoms with Crippen molar-refractivity contribution in [1.82, 2.24) is 4.98 Å². The Hall–Kier alpha value is -2.92. The zero-order valence-electron chi connectivity index (χ0n) is 14.9. The highest BCUT2D eigenvalue weighted by molar-refractivity contribution is 7.17. The number of fused-ring (bicyclic) bond motifs is 3. The van der Waals surface area contributed by atoms with Crippen molar-refractivity contribution in [1.29, 1.82) is 0 Å². The maximum atomic E-state index is 12.2. The van der Waals surface area contributed by atoms with Crippen molar-refractivity contribution in [2.45, 2.75) is 26.2 Å². The van der Waals surface area contributed by atoms with Crippen LogP contribution in [0.2, 0.25) is 0 Å². The van der Waals surface area contributed by atoms with Gasteiger partial charge in [-0.05, 0) is 54.5 Å². The van der Waals surface area contributed by atoms with Crippen LogP contribution in [0.4, 0.5) is 0 Å². The molecule has 2 N–H and O–H groups in total. The zero-order valence-corrected chi connectivity index (χ0v) is 15.7. The summed E-state index contributed by atoms with van der Waals surface area (Å²) in [4.78, 5) is 26.3. The number of aromatic hydroxyl groups is 1. The van der Waals surface area contributed by atoms with Gasteiger partial charge in [0.05, 0.1) is 0 Å². The van der Waals surface area contributed by atoms with Gasteiger partial charge in [0.1, 0.15) is 16.2 Å². The van der Waals surface area contributed by atoms with Crippen molar-refractivity contribution in [2.75, 3.05) is 0 Å². The maximum absolute atomic E-state index is 12.2. The van der Waals surface area contributed by atoms with E-state index < -0.39 is 0 Å². The highest BCUT2D eigenvalue weighted by atomic mass is 32.1. The lowest BCUT2D eigenvalue weighted by molar-refractivity contribution is -0.117. The normalized spacial score (nSPS) is 11.3. The fourth-order valence-electron chi connectivity index (χ4n) is 3.51. The first-order chi connectivity index (χ1) is 13.0. The van der Waals surface area contributed by atoms with Gasteiger partial charge in [0.2, 0.25) is 0 Å². The van der Waals surface area contributed by atoms with Crippen molar-refractivity contribution < 1.29 is 9.90 Å². The first-order valence-electron chi connectivity index (χ1n) is 8.88. The summed E-state index contributed by atoms with van der Waals surface area (Å²) < 4.78 is 0.662. The first-order valence-corrected chi connectivity index (χ1v) is 9.76. The molecule has 0 fully saturated rings. The van der Waals surface area contributed by atoms with Crippen LogP contribution in [-0.4, -0.2) is 15.9 Å². The number of rotatable bonds is 5. The third kappa shape index (κ3) is 3.26. The lowest BCUT2D eigenvalue weighted by atomic mass is 9.96. The molecule has 136 valence electrons. The average Bonchev–Trinajstić information content (AvgIpc) is 3.13. The molecule has 2 aromatic heterocycles. The van der Waals surface area contributed by atoms with Gasteiger partial charge >= 0.3 is 0 Å². The van der Waals surface area contributed by atoms with E-state index in [4.69, 9.17) is 0 Å². The van der Waals surface area contributed by atoms with Gasteiger partial charge in [-0.1, -0.05) is 24.3 Å². The Labute approximate surface area is 160 Å². The SMILES string of the molecule is CC(=O)CCCc1ccc(-c2c(O)ccc3[nH]c(=O)c4sccc4c23)cc1. The van der Waals surface area contributed by atoms with E-state index >= 15 is 0 Å². The molecule has 4 rings (SSSR count). The molecule has 0 aliphatic rings. The number of aryl methyl sites for hydroxylation is 1. The van der Waals surface area contributed by atoms with Crippen LogP contribution in [0, 0.1) is 0 Å². The lowest BCUT2D eigenvalue weighted by Crippen LogP contribution is -2.04. The number of hydrogen-bond donors (Lipinski definition) is 2. The van der Waals surface area contributed by atoms with Crippen LogP contribution in [0.15, 0.2) is 52.6 Å². The molecule has 5 heteroatoms. The number of carbonyl (C=O) groups excluding carboxylic acids is 1. The minimum Gasteiger partial charge on any atom is -0.507 e. The number of pyridine rings is 1. The smallest absolute Gasteiger partial charge is 0.266 e. The van der Waals surface area contributed by atoms with Gasteiger partial charge in [0, 0.05) is 28.3 Å². The summed E-state index contributed by atoms with van der Waals surface area (Å²) in [6.45, 7) is 1.61. The highest BCUT2D eigenvalue weighted by Gasteiger charge is 2.15. The number of benzene rings is 2. The summed E-state index contributed by atoms with van der Waals surface area (Å²) in [7, 11) is 0. The minimum atomic E-state index is -0.107. The molecule has 0 unspecified atom stereocenters. The Kier molecular flexibility index (Phi) is 4.54. The number of H-pyrrole nitrogens is 1. The summed E-state index contributed by atoms with van der Waals surface area (Å²) >= 11 is 1.40. The van der Waals surface area contributed by atoms with Crippen molar-refractivity contribution in [3.63, 3.8) is 0 Å². The number of ketones is 1. The van der Waals surface area contributed by atoms with Crippen molar-refractivity contribution in [3.05, 3.63) is 63.8 Å². The van der Waals surface area contributed by atoms with Gasteiger partial charge in [0.15, 0.2) is 0 Å². The fourth-order valence-corrected chi connectivity index (χ4v) is 4.30. The van der Waals surface area contributed by atoms with E-state index in [1.165, 1.54) is 11.3 Å². The largest absolute Gasteiger partial charge is 0.507 e. The molecule has 0 atom stereocenters. The second kappa shape index (κ2) is 7.00. The Bertz CT molecular complexity index is 1200. The molecule has 27 heavy (non-hydrogen) atoms. The summed E-state index contributed by atoms with van der Waals surface area (Å²) in [5, 5.41) is 14.2. The molecule has 0 saturated heterocycles. The quantitative estimate of drug-likeness (QED) is 0.513. The molecule has 0 radical (unpaired) electrons. The van der Waals surface area contributed by atoms with Crippen molar-refractivity contribution >= 4 is 38.1 Å². The molecular formula is C22H19NO3S. The van der Waals surface area contributed by atoms with Gasteiger partial charge in [-0.15, -0.1) is 11.3 Å². The first kappa shape index (κ1) is 17.5. The predicted octanol–water partition coefficient (Wildman–Crippen LogP) is 5.03. The van der Waals surface area contributed by atoms with Crippen molar-refractivity contribution in [2.24, 2.45) is 0 Å². The van der Waals surface area contributed by atoms with Crippen LogP contribution in [0.1, 0.15) is 25.3 Å². The molecule has 0 amide bonds. The number of aromatic amines is 1. The third-order valence-electron chi connectivity index (χ3n) is 4.81. The van der Waals surface area contributed by atoms with E-state index in [2.05, 4.69) is 4.98 Å². The number of Topliss-reactive ketones (excluding diaryl/α,β-unsaturated/α-hetero) is 1. The monoisotopic (exact) mass is 377 g/mol. The third-order valence-corrected chi connectivity index (χ3v) is 5.72. The molecule has 4 aromatic rings. The van der Waals surface area contributed by atoms with Crippen LogP contribution in [-0.2, 0) is 11.2 Å². The highest BCUT2D eigenvalue weighted by Crippen LogP contribution is 2.39. The molecule has 0 spiro atoms. The predicted molar refractivity (Wildman–Crippen MR) is 111 cm³/mol. The van der Waals surface area contributed by atoms with Crippen LogP contribution in [0.5, 0.6) is 5.75 Å². The number of nitrogens with one attached hydrogen (secondary N) is 1. The van der Waals surface area contributed by atoms with Gasteiger partial charge in [0.25, 0.3) is 5.56 Å². The number of carbonyl (C=O) groups is 1.